The highest BCUT2D eigenvalue weighted by molar-refractivity contribution is 5.67. The molecule has 0 radical (unpaired) electrons. The van der Waals surface area contributed by atoms with Crippen LogP contribution in [-0.2, 0) is 48.6 Å². The van der Waals surface area contributed by atoms with Crippen molar-refractivity contribution in [3.63, 3.8) is 0 Å². The molecule has 0 aliphatic heterocycles. The number of hydrogen-bond acceptors (Lipinski definition) is 8. The van der Waals surface area contributed by atoms with Crippen LogP contribution in [0.3, 0.4) is 0 Å². The van der Waals surface area contributed by atoms with Gasteiger partial charge in [-0.25, -0.2) is 0 Å². The number of hydrogen-bond donors (Lipinski definition) is 2. The lowest BCUT2D eigenvalue weighted by Gasteiger charge is -2.21. The molecule has 0 aliphatic carbocycles. The van der Waals surface area contributed by atoms with Gasteiger partial charge in [0.1, 0.15) is 0 Å². The summed E-state index contributed by atoms with van der Waals surface area (Å²) in [6.07, 6.45) is 4.97. The van der Waals surface area contributed by atoms with E-state index in [-0.39, 0.29) is 12.8 Å². The average Bonchev–Trinajstić information content (AvgIpc) is 2.99. The first-order valence-electron chi connectivity index (χ1n) is 14.0. The van der Waals surface area contributed by atoms with Gasteiger partial charge < -0.3 is 10.2 Å². The van der Waals surface area contributed by atoms with Crippen LogP contribution in [0.1, 0.15) is 47.0 Å². The van der Waals surface area contributed by atoms with E-state index in [0.717, 1.165) is 34.2 Å². The lowest BCUT2D eigenvalue weighted by molar-refractivity contribution is -0.138. The van der Waals surface area contributed by atoms with Gasteiger partial charge in [0.15, 0.2) is 0 Å². The van der Waals surface area contributed by atoms with E-state index in [2.05, 4.69) is 19.8 Å². The van der Waals surface area contributed by atoms with Crippen LogP contribution < -0.4 is 0 Å². The normalized spacial score (nSPS) is 11.2. The zero-order chi connectivity index (χ0) is 29.6. The first-order valence-corrected chi connectivity index (χ1v) is 14.0. The number of aromatic nitrogens is 4. The van der Waals surface area contributed by atoms with Crippen LogP contribution >= 0.6 is 0 Å². The summed E-state index contributed by atoms with van der Waals surface area (Å²) in [6.45, 7) is 2.93. The smallest absolute Gasteiger partial charge is 0.304 e. The summed E-state index contributed by atoms with van der Waals surface area (Å²) in [5.74, 6) is -1.67. The van der Waals surface area contributed by atoms with Gasteiger partial charge in [-0.2, -0.15) is 0 Å². The Labute approximate surface area is 245 Å². The van der Waals surface area contributed by atoms with Gasteiger partial charge in [-0.1, -0.05) is 24.3 Å². The monoisotopic (exact) mass is 568 g/mol. The summed E-state index contributed by atoms with van der Waals surface area (Å²) in [7, 11) is 0. The Hall–Kier alpha value is -4.54. The molecule has 0 spiro atoms. The quantitative estimate of drug-likeness (QED) is 0.193. The van der Waals surface area contributed by atoms with Crippen molar-refractivity contribution >= 4 is 11.9 Å². The van der Waals surface area contributed by atoms with Crippen LogP contribution in [0.25, 0.3) is 0 Å². The molecular weight excluding hydrogens is 532 g/mol. The van der Waals surface area contributed by atoms with Crippen molar-refractivity contribution in [2.24, 2.45) is 0 Å². The Balaban J connectivity index is 1.37. The number of pyridine rings is 4. The Morgan fingerprint density at radius 1 is 0.524 bits per heavy atom. The van der Waals surface area contributed by atoms with Crippen LogP contribution in [0.4, 0.5) is 0 Å². The van der Waals surface area contributed by atoms with Crippen LogP contribution in [-0.4, -0.2) is 65.0 Å². The van der Waals surface area contributed by atoms with Gasteiger partial charge in [-0.05, 0) is 61.4 Å². The standard InChI is InChI=1S/C32H36N6O4/c39-31(40)15-19-37(21-27-7-1-3-17-33-27)23-29-11-5-9-25(35-29)13-14-26-10-6-12-30(36-26)24-38(20-16-32(41)42)22-28-8-2-4-18-34-28/h1-12,17-18H,13-16,19-24H2,(H,39,40)(H,41,42). The highest BCUT2D eigenvalue weighted by atomic mass is 16.4. The summed E-state index contributed by atoms with van der Waals surface area (Å²) < 4.78 is 0. The number of aryl methyl sites for hydroxylation is 2. The summed E-state index contributed by atoms with van der Waals surface area (Å²) in [6, 6.07) is 23.3. The molecule has 218 valence electrons. The van der Waals surface area contributed by atoms with Crippen molar-refractivity contribution < 1.29 is 19.8 Å². The number of carbonyl (C=O) groups is 2. The fraction of sp³-hybridized carbons (Fsp3) is 0.312. The average molecular weight is 569 g/mol. The van der Waals surface area contributed by atoms with Crippen molar-refractivity contribution in [1.82, 2.24) is 29.7 Å². The summed E-state index contributed by atoms with van der Waals surface area (Å²) in [4.78, 5) is 45.0. The molecule has 0 unspecified atom stereocenters. The molecule has 4 rings (SSSR count). The molecule has 0 amide bonds. The maximum atomic E-state index is 11.2. The molecule has 2 N–H and O–H groups in total. The molecule has 0 aromatic carbocycles. The third-order valence-electron chi connectivity index (χ3n) is 6.64. The molecule has 4 heterocycles. The summed E-state index contributed by atoms with van der Waals surface area (Å²) >= 11 is 0. The number of carboxylic acids is 2. The summed E-state index contributed by atoms with van der Waals surface area (Å²) in [5.41, 5.74) is 5.39. The topological polar surface area (TPSA) is 133 Å². The molecule has 0 saturated heterocycles. The minimum absolute atomic E-state index is 0.0458. The molecule has 4 aromatic rings. The van der Waals surface area contributed by atoms with Gasteiger partial charge in [0.05, 0.1) is 35.6 Å². The second-order valence-electron chi connectivity index (χ2n) is 10.1. The molecule has 10 nitrogen and oxygen atoms in total. The van der Waals surface area contributed by atoms with E-state index in [1.807, 2.05) is 72.8 Å². The van der Waals surface area contributed by atoms with Gasteiger partial charge in [0.25, 0.3) is 0 Å². The number of nitrogens with zero attached hydrogens (tertiary/aromatic N) is 6. The number of carboxylic acid groups (broad SMARTS) is 2. The minimum Gasteiger partial charge on any atom is -0.481 e. The molecular formula is C32H36N6O4. The van der Waals surface area contributed by atoms with Crippen molar-refractivity contribution in [2.45, 2.75) is 51.9 Å². The fourth-order valence-corrected chi connectivity index (χ4v) is 4.60. The molecule has 0 aliphatic rings. The maximum absolute atomic E-state index is 11.2. The van der Waals surface area contributed by atoms with Crippen LogP contribution in [0.2, 0.25) is 0 Å². The molecule has 4 aromatic heterocycles. The predicted molar refractivity (Wildman–Crippen MR) is 157 cm³/mol. The first kappa shape index (κ1) is 30.4. The highest BCUT2D eigenvalue weighted by Crippen LogP contribution is 2.13. The Morgan fingerprint density at radius 3 is 1.29 bits per heavy atom. The van der Waals surface area contributed by atoms with Gasteiger partial charge in [0, 0.05) is 63.1 Å². The van der Waals surface area contributed by atoms with Crippen molar-refractivity contribution in [3.05, 3.63) is 119 Å². The van der Waals surface area contributed by atoms with E-state index >= 15 is 0 Å². The zero-order valence-electron chi connectivity index (χ0n) is 23.5. The van der Waals surface area contributed by atoms with E-state index in [0.29, 0.717) is 52.1 Å². The molecule has 10 heteroatoms. The predicted octanol–water partition coefficient (Wildman–Crippen LogP) is 4.01. The zero-order valence-corrected chi connectivity index (χ0v) is 23.5. The maximum Gasteiger partial charge on any atom is 0.304 e. The fourth-order valence-electron chi connectivity index (χ4n) is 4.60. The SMILES string of the molecule is O=C(O)CCN(Cc1ccccn1)Cc1cccc(CCc2cccc(CN(CCC(=O)O)Cc3ccccn3)n2)n1. The van der Waals surface area contributed by atoms with Crippen molar-refractivity contribution in [1.29, 1.82) is 0 Å². The van der Waals surface area contributed by atoms with Gasteiger partial charge in [0.2, 0.25) is 0 Å². The Morgan fingerprint density at radius 2 is 0.905 bits per heavy atom. The second-order valence-corrected chi connectivity index (χ2v) is 10.1. The third kappa shape index (κ3) is 10.8. The van der Waals surface area contributed by atoms with Crippen molar-refractivity contribution in [2.75, 3.05) is 13.1 Å². The first-order chi connectivity index (χ1) is 20.4. The molecule has 0 atom stereocenters. The van der Waals surface area contributed by atoms with Gasteiger partial charge in [-0.3, -0.25) is 39.3 Å². The van der Waals surface area contributed by atoms with Crippen LogP contribution in [0, 0.1) is 0 Å². The van der Waals surface area contributed by atoms with E-state index < -0.39 is 11.9 Å². The van der Waals surface area contributed by atoms with E-state index in [1.165, 1.54) is 0 Å². The van der Waals surface area contributed by atoms with Crippen LogP contribution in [0.15, 0.2) is 85.2 Å². The largest absolute Gasteiger partial charge is 0.481 e. The second kappa shape index (κ2) is 16.0. The molecule has 0 bridgehead atoms. The molecule has 0 fully saturated rings. The molecule has 42 heavy (non-hydrogen) atoms. The van der Waals surface area contributed by atoms with E-state index in [4.69, 9.17) is 9.97 Å². The Kier molecular flexibility index (Phi) is 11.6. The number of rotatable bonds is 17. The minimum atomic E-state index is -0.834. The third-order valence-corrected chi connectivity index (χ3v) is 6.64. The molecule has 0 saturated carbocycles. The lowest BCUT2D eigenvalue weighted by atomic mass is 10.1. The van der Waals surface area contributed by atoms with Gasteiger partial charge >= 0.3 is 11.9 Å². The summed E-state index contributed by atoms with van der Waals surface area (Å²) in [5, 5.41) is 18.4. The Bertz CT molecular complexity index is 1310. The van der Waals surface area contributed by atoms with E-state index in [1.54, 1.807) is 12.4 Å². The highest BCUT2D eigenvalue weighted by Gasteiger charge is 2.13. The van der Waals surface area contributed by atoms with Crippen LogP contribution in [0.5, 0.6) is 0 Å². The van der Waals surface area contributed by atoms with Crippen molar-refractivity contribution in [3.8, 4) is 0 Å². The van der Waals surface area contributed by atoms with Gasteiger partial charge in [-0.15, -0.1) is 0 Å². The lowest BCUT2D eigenvalue weighted by Crippen LogP contribution is -2.26. The number of aliphatic carboxylic acids is 2. The van der Waals surface area contributed by atoms with E-state index in [9.17, 15) is 19.8 Å².